The summed E-state index contributed by atoms with van der Waals surface area (Å²) in [7, 11) is 1.81. The van der Waals surface area contributed by atoms with Crippen LogP contribution in [0.25, 0.3) is 33.4 Å². The first-order valence-electron chi connectivity index (χ1n) is 14.1. The van der Waals surface area contributed by atoms with E-state index in [0.717, 1.165) is 44.2 Å². The molecular formula is C32H34ClN7O2. The standard InChI is InChI=1S/C32H34ClN7O2/c1-21-15-25(9-12-35-21)24-7-8-26(27(33)16-24)18-39-13-10-32(42,11-14-39)19-40-20-36-28-29(31(40)41)37-38(2)30(28)23-5-3-22(17-34)4-6-23/h3-9,12,15-16,20,42H,10-11,13-14,17-19,34H2,1-2H3. The van der Waals surface area contributed by atoms with Gasteiger partial charge in [0.25, 0.3) is 5.56 Å². The van der Waals surface area contributed by atoms with Crippen LogP contribution in [0.3, 0.4) is 0 Å². The smallest absolute Gasteiger partial charge is 0.281 e. The molecule has 216 valence electrons. The lowest BCUT2D eigenvalue weighted by molar-refractivity contribution is -0.0364. The van der Waals surface area contributed by atoms with E-state index in [0.29, 0.717) is 50.1 Å². The molecule has 0 unspecified atom stereocenters. The molecule has 1 fully saturated rings. The second kappa shape index (κ2) is 11.4. The second-order valence-electron chi connectivity index (χ2n) is 11.2. The molecule has 0 saturated carbocycles. The maximum atomic E-state index is 13.4. The number of nitrogens with two attached hydrogens (primary N) is 1. The van der Waals surface area contributed by atoms with E-state index in [4.69, 9.17) is 17.3 Å². The van der Waals surface area contributed by atoms with Crippen molar-refractivity contribution >= 4 is 22.6 Å². The summed E-state index contributed by atoms with van der Waals surface area (Å²) >= 11 is 6.68. The van der Waals surface area contributed by atoms with Gasteiger partial charge in [0.1, 0.15) is 5.52 Å². The van der Waals surface area contributed by atoms with Crippen LogP contribution in [0.1, 0.15) is 29.7 Å². The summed E-state index contributed by atoms with van der Waals surface area (Å²) in [6.45, 7) is 4.68. The Labute approximate surface area is 249 Å². The minimum Gasteiger partial charge on any atom is -0.388 e. The van der Waals surface area contributed by atoms with Crippen LogP contribution in [0, 0.1) is 6.92 Å². The van der Waals surface area contributed by atoms with Crippen molar-refractivity contribution in [2.45, 2.75) is 45.0 Å². The summed E-state index contributed by atoms with van der Waals surface area (Å²) in [5.74, 6) is 0. The summed E-state index contributed by atoms with van der Waals surface area (Å²) in [6.07, 6.45) is 4.40. The van der Waals surface area contributed by atoms with Crippen LogP contribution in [0.5, 0.6) is 0 Å². The minimum absolute atomic E-state index is 0.167. The first-order chi connectivity index (χ1) is 20.2. The van der Waals surface area contributed by atoms with Crippen LogP contribution in [0.2, 0.25) is 5.02 Å². The van der Waals surface area contributed by atoms with Gasteiger partial charge in [0.15, 0.2) is 5.52 Å². The zero-order chi connectivity index (χ0) is 29.4. The van der Waals surface area contributed by atoms with E-state index in [1.54, 1.807) is 17.9 Å². The molecule has 3 aromatic heterocycles. The lowest BCUT2D eigenvalue weighted by Crippen LogP contribution is -2.47. The molecule has 10 heteroatoms. The molecule has 1 aliphatic heterocycles. The summed E-state index contributed by atoms with van der Waals surface area (Å²) in [5, 5.41) is 16.7. The van der Waals surface area contributed by atoms with Crippen LogP contribution < -0.4 is 11.3 Å². The van der Waals surface area contributed by atoms with Gasteiger partial charge in [0.05, 0.1) is 24.2 Å². The Morgan fingerprint density at radius 2 is 1.69 bits per heavy atom. The molecule has 0 aliphatic carbocycles. The van der Waals surface area contributed by atoms with E-state index in [2.05, 4.69) is 32.1 Å². The van der Waals surface area contributed by atoms with E-state index < -0.39 is 5.60 Å². The fourth-order valence-electron chi connectivity index (χ4n) is 5.75. The number of benzene rings is 2. The van der Waals surface area contributed by atoms with Crippen LogP contribution in [0.4, 0.5) is 0 Å². The number of aryl methyl sites for hydroxylation is 2. The van der Waals surface area contributed by atoms with Crippen LogP contribution in [0.15, 0.2) is 71.9 Å². The SMILES string of the molecule is Cc1cc(-c2ccc(CN3CCC(O)(Cn4cnc5c(-c6ccc(CN)cc6)n(C)nc5c4=O)CC3)c(Cl)c2)ccn1. The van der Waals surface area contributed by atoms with Crippen molar-refractivity contribution in [3.63, 3.8) is 0 Å². The van der Waals surface area contributed by atoms with Crippen molar-refractivity contribution < 1.29 is 5.11 Å². The predicted molar refractivity (Wildman–Crippen MR) is 165 cm³/mol. The molecule has 0 bridgehead atoms. The van der Waals surface area contributed by atoms with Gasteiger partial charge in [-0.25, -0.2) is 4.98 Å². The van der Waals surface area contributed by atoms with E-state index >= 15 is 0 Å². The zero-order valence-electron chi connectivity index (χ0n) is 23.8. The van der Waals surface area contributed by atoms with E-state index in [-0.39, 0.29) is 12.1 Å². The highest BCUT2D eigenvalue weighted by atomic mass is 35.5. The number of rotatable bonds is 7. The third kappa shape index (κ3) is 5.61. The van der Waals surface area contributed by atoms with Crippen molar-refractivity contribution in [3.8, 4) is 22.4 Å². The van der Waals surface area contributed by atoms with E-state index in [9.17, 15) is 9.90 Å². The van der Waals surface area contributed by atoms with Gasteiger partial charge in [0.2, 0.25) is 0 Å². The second-order valence-corrected chi connectivity index (χ2v) is 11.6. The lowest BCUT2D eigenvalue weighted by Gasteiger charge is -2.38. The number of likely N-dealkylation sites (tertiary alicyclic amines) is 1. The molecule has 3 N–H and O–H groups in total. The number of nitrogens with zero attached hydrogens (tertiary/aromatic N) is 6. The number of pyridine rings is 1. The number of piperidine rings is 1. The minimum atomic E-state index is -1.02. The van der Waals surface area contributed by atoms with Gasteiger partial charge < -0.3 is 10.8 Å². The predicted octanol–water partition coefficient (Wildman–Crippen LogP) is 4.31. The molecule has 1 saturated heterocycles. The Morgan fingerprint density at radius 3 is 2.38 bits per heavy atom. The van der Waals surface area contributed by atoms with Crippen LogP contribution in [-0.2, 0) is 26.7 Å². The molecule has 0 amide bonds. The Bertz CT molecular complexity index is 1800. The zero-order valence-corrected chi connectivity index (χ0v) is 24.6. The fraction of sp³-hybridized carbons (Fsp3) is 0.312. The third-order valence-corrected chi connectivity index (χ3v) is 8.56. The van der Waals surface area contributed by atoms with Crippen molar-refractivity contribution in [3.05, 3.63) is 99.3 Å². The average Bonchev–Trinajstić information content (AvgIpc) is 3.33. The first-order valence-corrected chi connectivity index (χ1v) is 14.5. The Kier molecular flexibility index (Phi) is 7.67. The van der Waals surface area contributed by atoms with Crippen molar-refractivity contribution in [2.24, 2.45) is 12.8 Å². The summed E-state index contributed by atoms with van der Waals surface area (Å²) in [4.78, 5) is 24.6. The van der Waals surface area contributed by atoms with E-state index in [1.165, 1.54) is 10.9 Å². The number of aromatic nitrogens is 5. The van der Waals surface area contributed by atoms with Gasteiger partial charge in [-0.2, -0.15) is 5.10 Å². The highest BCUT2D eigenvalue weighted by molar-refractivity contribution is 6.31. The number of halogens is 1. The molecule has 2 aromatic carbocycles. The number of aliphatic hydroxyl groups is 1. The molecule has 42 heavy (non-hydrogen) atoms. The van der Waals surface area contributed by atoms with Gasteiger partial charge in [0, 0.05) is 55.7 Å². The van der Waals surface area contributed by atoms with Gasteiger partial charge in [-0.1, -0.05) is 48.0 Å². The normalized spacial score (nSPS) is 15.4. The van der Waals surface area contributed by atoms with Gasteiger partial charge in [-0.05, 0) is 60.2 Å². The quantitative estimate of drug-likeness (QED) is 0.293. The van der Waals surface area contributed by atoms with Gasteiger partial charge >= 0.3 is 0 Å². The molecular weight excluding hydrogens is 550 g/mol. The topological polar surface area (TPSA) is 115 Å². The average molecular weight is 584 g/mol. The molecule has 9 nitrogen and oxygen atoms in total. The number of fused-ring (bicyclic) bond motifs is 1. The Hall–Kier alpha value is -3.89. The molecule has 6 rings (SSSR count). The fourth-order valence-corrected chi connectivity index (χ4v) is 5.99. The van der Waals surface area contributed by atoms with Gasteiger partial charge in [-0.15, -0.1) is 0 Å². The Morgan fingerprint density at radius 1 is 0.976 bits per heavy atom. The largest absolute Gasteiger partial charge is 0.388 e. The van der Waals surface area contributed by atoms with Crippen molar-refractivity contribution in [2.75, 3.05) is 13.1 Å². The molecule has 4 heterocycles. The van der Waals surface area contributed by atoms with Gasteiger partial charge in [-0.3, -0.25) is 23.9 Å². The van der Waals surface area contributed by atoms with Crippen LogP contribution >= 0.6 is 11.6 Å². The molecule has 0 radical (unpaired) electrons. The third-order valence-electron chi connectivity index (χ3n) is 8.20. The summed E-state index contributed by atoms with van der Waals surface area (Å²) < 4.78 is 3.17. The highest BCUT2D eigenvalue weighted by Gasteiger charge is 2.33. The lowest BCUT2D eigenvalue weighted by atomic mass is 9.91. The molecule has 5 aromatic rings. The summed E-state index contributed by atoms with van der Waals surface area (Å²) in [6, 6.07) is 18.0. The molecule has 0 atom stereocenters. The number of hydrogen-bond acceptors (Lipinski definition) is 7. The molecule has 1 aliphatic rings. The van der Waals surface area contributed by atoms with E-state index in [1.807, 2.05) is 49.4 Å². The summed E-state index contributed by atoms with van der Waals surface area (Å²) in [5.41, 5.74) is 12.2. The maximum absolute atomic E-state index is 13.4. The number of hydrogen-bond donors (Lipinski definition) is 2. The monoisotopic (exact) mass is 583 g/mol. The van der Waals surface area contributed by atoms with Crippen LogP contribution in [-0.4, -0.2) is 53.0 Å². The first kappa shape index (κ1) is 28.2. The molecule has 0 spiro atoms. The Balaban J connectivity index is 1.13. The maximum Gasteiger partial charge on any atom is 0.281 e. The van der Waals surface area contributed by atoms with Crippen molar-refractivity contribution in [1.82, 2.24) is 29.2 Å². The van der Waals surface area contributed by atoms with Crippen molar-refractivity contribution in [1.29, 1.82) is 0 Å². The highest BCUT2D eigenvalue weighted by Crippen LogP contribution is 2.30.